The summed E-state index contributed by atoms with van der Waals surface area (Å²) in [6, 6.07) is 1.75. The summed E-state index contributed by atoms with van der Waals surface area (Å²) in [7, 11) is 0. The lowest BCUT2D eigenvalue weighted by Gasteiger charge is -2.30. The van der Waals surface area contributed by atoms with Gasteiger partial charge in [0, 0.05) is 23.3 Å². The number of aliphatic hydroxyl groups excluding tert-OH is 1. The summed E-state index contributed by atoms with van der Waals surface area (Å²) in [6.45, 7) is 4.27. The zero-order chi connectivity index (χ0) is 14.4. The fourth-order valence-electron chi connectivity index (χ4n) is 2.01. The van der Waals surface area contributed by atoms with Crippen molar-refractivity contribution in [2.24, 2.45) is 0 Å². The number of hydrogen-bond donors (Lipinski definition) is 1. The number of hydrogen-bond acceptors (Lipinski definition) is 3. The number of pyridine rings is 1. The lowest BCUT2D eigenvalue weighted by molar-refractivity contribution is 0.0622. The maximum absolute atomic E-state index is 12.5. The quantitative estimate of drug-likeness (QED) is 0.803. The molecule has 1 rings (SSSR count). The Hall–Kier alpha value is -0.650. The second-order valence-electron chi connectivity index (χ2n) is 4.18. The second-order valence-corrected chi connectivity index (χ2v) is 5.46. The summed E-state index contributed by atoms with van der Waals surface area (Å²) in [4.78, 5) is 18.2. The number of aromatic nitrogens is 1. The summed E-state index contributed by atoms with van der Waals surface area (Å²) >= 11 is 9.27. The van der Waals surface area contributed by atoms with Crippen LogP contribution in [0.15, 0.2) is 16.7 Å². The van der Waals surface area contributed by atoms with Gasteiger partial charge >= 0.3 is 0 Å². The average molecular weight is 350 g/mol. The van der Waals surface area contributed by atoms with Crippen LogP contribution in [0.5, 0.6) is 0 Å². The molecule has 0 unspecified atom stereocenters. The molecule has 19 heavy (non-hydrogen) atoms. The maximum Gasteiger partial charge on any atom is 0.257 e. The Balaban J connectivity index is 3.08. The summed E-state index contributed by atoms with van der Waals surface area (Å²) in [5, 5.41) is 9.33. The SMILES string of the molecule is CCC(CC)N(CCO)C(=O)c1cc(Br)cnc1Cl. The van der Waals surface area contributed by atoms with Gasteiger partial charge in [0.05, 0.1) is 12.2 Å². The summed E-state index contributed by atoms with van der Waals surface area (Å²) in [6.07, 6.45) is 3.22. The van der Waals surface area contributed by atoms with E-state index in [4.69, 9.17) is 16.7 Å². The fourth-order valence-corrected chi connectivity index (χ4v) is 2.53. The zero-order valence-electron chi connectivity index (χ0n) is 11.1. The molecule has 0 saturated heterocycles. The molecule has 0 saturated carbocycles. The highest BCUT2D eigenvalue weighted by molar-refractivity contribution is 9.10. The number of nitrogens with zero attached hydrogens (tertiary/aromatic N) is 2. The van der Waals surface area contributed by atoms with Crippen LogP contribution in [-0.4, -0.2) is 40.1 Å². The largest absolute Gasteiger partial charge is 0.395 e. The molecule has 0 radical (unpaired) electrons. The van der Waals surface area contributed by atoms with Crippen LogP contribution >= 0.6 is 27.5 Å². The number of aliphatic hydroxyl groups is 1. The number of halogens is 2. The molecule has 4 nitrogen and oxygen atoms in total. The molecule has 1 aromatic rings. The molecule has 1 aromatic heterocycles. The molecule has 6 heteroatoms. The van der Waals surface area contributed by atoms with Crippen molar-refractivity contribution in [2.75, 3.05) is 13.2 Å². The van der Waals surface area contributed by atoms with Crippen molar-refractivity contribution >= 4 is 33.4 Å². The lowest BCUT2D eigenvalue weighted by Crippen LogP contribution is -2.41. The first kappa shape index (κ1) is 16.4. The van der Waals surface area contributed by atoms with E-state index in [9.17, 15) is 4.79 Å². The minimum atomic E-state index is -0.193. The van der Waals surface area contributed by atoms with Crippen molar-refractivity contribution in [3.63, 3.8) is 0 Å². The van der Waals surface area contributed by atoms with Crippen molar-refractivity contribution in [1.82, 2.24) is 9.88 Å². The van der Waals surface area contributed by atoms with Crippen LogP contribution < -0.4 is 0 Å². The van der Waals surface area contributed by atoms with E-state index in [2.05, 4.69) is 20.9 Å². The van der Waals surface area contributed by atoms with Crippen LogP contribution in [0.3, 0.4) is 0 Å². The van der Waals surface area contributed by atoms with E-state index in [0.29, 0.717) is 16.6 Å². The first-order valence-corrected chi connectivity index (χ1v) is 7.45. The van der Waals surface area contributed by atoms with Crippen molar-refractivity contribution < 1.29 is 9.90 Å². The molecule has 1 amide bonds. The molecular formula is C13H18BrClN2O2. The highest BCUT2D eigenvalue weighted by Crippen LogP contribution is 2.21. The van der Waals surface area contributed by atoms with Gasteiger partial charge in [-0.1, -0.05) is 25.4 Å². The van der Waals surface area contributed by atoms with Crippen LogP contribution in [-0.2, 0) is 0 Å². The minimum Gasteiger partial charge on any atom is -0.395 e. The summed E-state index contributed by atoms with van der Waals surface area (Å²) < 4.78 is 0.703. The van der Waals surface area contributed by atoms with Gasteiger partial charge in [0.15, 0.2) is 0 Å². The van der Waals surface area contributed by atoms with Crippen LogP contribution in [0.25, 0.3) is 0 Å². The number of amides is 1. The third kappa shape index (κ3) is 4.16. The second kappa shape index (κ2) is 7.82. The summed E-state index contributed by atoms with van der Waals surface area (Å²) in [5.74, 6) is -0.193. The normalized spacial score (nSPS) is 10.8. The monoisotopic (exact) mass is 348 g/mol. The fraction of sp³-hybridized carbons (Fsp3) is 0.538. The van der Waals surface area contributed by atoms with Crippen LogP contribution in [0.2, 0.25) is 5.15 Å². The van der Waals surface area contributed by atoms with E-state index in [1.807, 2.05) is 13.8 Å². The Bertz CT molecular complexity index is 439. The van der Waals surface area contributed by atoms with Gasteiger partial charge in [-0.15, -0.1) is 0 Å². The predicted octanol–water partition coefficient (Wildman–Crippen LogP) is 3.12. The van der Waals surface area contributed by atoms with Gasteiger partial charge in [-0.2, -0.15) is 0 Å². The molecule has 0 aliphatic carbocycles. The number of rotatable bonds is 6. The van der Waals surface area contributed by atoms with E-state index < -0.39 is 0 Å². The first-order valence-electron chi connectivity index (χ1n) is 6.27. The molecule has 1 N–H and O–H groups in total. The van der Waals surface area contributed by atoms with Gasteiger partial charge in [-0.05, 0) is 34.8 Å². The third-order valence-electron chi connectivity index (χ3n) is 3.02. The molecule has 0 bridgehead atoms. The number of carbonyl (C=O) groups excluding carboxylic acids is 1. The van der Waals surface area contributed by atoms with Crippen LogP contribution in [0.1, 0.15) is 37.0 Å². The molecule has 0 spiro atoms. The molecule has 0 aliphatic heterocycles. The van der Waals surface area contributed by atoms with E-state index in [1.165, 1.54) is 0 Å². The van der Waals surface area contributed by atoms with Crippen LogP contribution in [0.4, 0.5) is 0 Å². The Morgan fingerprint density at radius 1 is 1.53 bits per heavy atom. The Labute approximate surface area is 126 Å². The Morgan fingerprint density at radius 2 is 2.16 bits per heavy atom. The van der Waals surface area contributed by atoms with E-state index >= 15 is 0 Å². The minimum absolute atomic E-state index is 0.0682. The molecule has 1 heterocycles. The average Bonchev–Trinajstić information content (AvgIpc) is 2.41. The van der Waals surface area contributed by atoms with Crippen LogP contribution in [0, 0.1) is 0 Å². The standard InChI is InChI=1S/C13H18BrClN2O2/c1-3-10(4-2)17(5-6-18)13(19)11-7-9(14)8-16-12(11)15/h7-8,10,18H,3-6H2,1-2H3. The van der Waals surface area contributed by atoms with Gasteiger partial charge in [0.25, 0.3) is 5.91 Å². The summed E-state index contributed by atoms with van der Waals surface area (Å²) in [5.41, 5.74) is 0.358. The molecule has 0 fully saturated rings. The predicted molar refractivity (Wildman–Crippen MR) is 79.4 cm³/mol. The van der Waals surface area contributed by atoms with Crippen molar-refractivity contribution in [3.05, 3.63) is 27.5 Å². The maximum atomic E-state index is 12.5. The Kier molecular flexibility index (Phi) is 6.75. The third-order valence-corrected chi connectivity index (χ3v) is 3.76. The highest BCUT2D eigenvalue weighted by Gasteiger charge is 2.24. The van der Waals surface area contributed by atoms with Gasteiger partial charge in [0.2, 0.25) is 0 Å². The topological polar surface area (TPSA) is 53.4 Å². The van der Waals surface area contributed by atoms with Crippen molar-refractivity contribution in [1.29, 1.82) is 0 Å². The molecular weight excluding hydrogens is 332 g/mol. The lowest BCUT2D eigenvalue weighted by atomic mass is 10.1. The van der Waals surface area contributed by atoms with Gasteiger partial charge in [-0.3, -0.25) is 4.79 Å². The highest BCUT2D eigenvalue weighted by atomic mass is 79.9. The molecule has 0 aromatic carbocycles. The van der Waals surface area contributed by atoms with Crippen molar-refractivity contribution in [3.8, 4) is 0 Å². The first-order chi connectivity index (χ1) is 9.04. The van der Waals surface area contributed by atoms with Gasteiger partial charge in [0.1, 0.15) is 5.15 Å². The van der Waals surface area contributed by atoms with E-state index in [-0.39, 0.29) is 23.7 Å². The van der Waals surface area contributed by atoms with Crippen molar-refractivity contribution in [2.45, 2.75) is 32.7 Å². The van der Waals surface area contributed by atoms with E-state index in [1.54, 1.807) is 17.2 Å². The van der Waals surface area contributed by atoms with Gasteiger partial charge in [-0.25, -0.2) is 4.98 Å². The Morgan fingerprint density at radius 3 is 2.68 bits per heavy atom. The molecule has 106 valence electrons. The molecule has 0 atom stereocenters. The van der Waals surface area contributed by atoms with Gasteiger partial charge < -0.3 is 10.0 Å². The smallest absolute Gasteiger partial charge is 0.257 e. The van der Waals surface area contributed by atoms with E-state index in [0.717, 1.165) is 12.8 Å². The molecule has 0 aliphatic rings. The zero-order valence-corrected chi connectivity index (χ0v) is 13.4. The number of carbonyl (C=O) groups is 1.